The summed E-state index contributed by atoms with van der Waals surface area (Å²) < 4.78 is 29.0. The minimum Gasteiger partial charge on any atom is -0.598 e. The third kappa shape index (κ3) is 3.35. The van der Waals surface area contributed by atoms with E-state index < -0.39 is 11.4 Å². The lowest BCUT2D eigenvalue weighted by molar-refractivity contribution is 0.521. The van der Waals surface area contributed by atoms with Crippen LogP contribution in [0.15, 0.2) is 18.2 Å². The molecule has 1 N–H and O–H groups in total. The van der Waals surface area contributed by atoms with E-state index in [1.165, 1.54) is 0 Å². The van der Waals surface area contributed by atoms with Crippen LogP contribution in [0.1, 0.15) is 64.6 Å². The van der Waals surface area contributed by atoms with Crippen molar-refractivity contribution >= 4 is 11.4 Å². The molecule has 1 aromatic carbocycles. The summed E-state index contributed by atoms with van der Waals surface area (Å²) in [7, 11) is 0. The summed E-state index contributed by atoms with van der Waals surface area (Å²) in [5.41, 5.74) is 1.82. The predicted octanol–water partition coefficient (Wildman–Crippen LogP) is 3.99. The van der Waals surface area contributed by atoms with Gasteiger partial charge >= 0.3 is 0 Å². The molecular weight excluding hydrogens is 273 g/mol. The molecule has 0 spiro atoms. The standard InChI is InChI=1S/C16H24FNOS/c1-11(18-20(19)15(2,3)4)13-7-6-12(10-14(13)17)16(5)8-9-16/h6-7,10-11,18H,8-9H2,1-5H3/t11-,20+/m0/s1. The van der Waals surface area contributed by atoms with Gasteiger partial charge in [-0.2, -0.15) is 0 Å². The second kappa shape index (κ2) is 5.32. The molecule has 1 fully saturated rings. The average molecular weight is 297 g/mol. The Kier molecular flexibility index (Phi) is 4.20. The van der Waals surface area contributed by atoms with Crippen LogP contribution in [-0.4, -0.2) is 9.30 Å². The number of hydrogen-bond donors (Lipinski definition) is 1. The smallest absolute Gasteiger partial charge is 0.136 e. The summed E-state index contributed by atoms with van der Waals surface area (Å²) in [5, 5.41) is 0. The molecule has 0 aromatic heterocycles. The number of benzene rings is 1. The monoisotopic (exact) mass is 297 g/mol. The minimum atomic E-state index is -1.20. The summed E-state index contributed by atoms with van der Waals surface area (Å²) >= 11 is -1.20. The molecule has 20 heavy (non-hydrogen) atoms. The van der Waals surface area contributed by atoms with Crippen LogP contribution in [0.3, 0.4) is 0 Å². The normalized spacial score (nSPS) is 20.6. The van der Waals surface area contributed by atoms with Gasteiger partial charge in [-0.1, -0.05) is 19.1 Å². The Labute approximate surface area is 124 Å². The molecule has 1 aliphatic carbocycles. The average Bonchev–Trinajstić information content (AvgIpc) is 3.07. The zero-order valence-corrected chi connectivity index (χ0v) is 13.7. The van der Waals surface area contributed by atoms with Crippen LogP contribution in [0.2, 0.25) is 0 Å². The van der Waals surface area contributed by atoms with Gasteiger partial charge in [-0.25, -0.2) is 4.39 Å². The zero-order chi connectivity index (χ0) is 15.1. The number of halogens is 1. The van der Waals surface area contributed by atoms with Crippen LogP contribution in [0, 0.1) is 5.82 Å². The van der Waals surface area contributed by atoms with Crippen molar-refractivity contribution in [2.75, 3.05) is 0 Å². The molecule has 0 radical (unpaired) electrons. The highest BCUT2D eigenvalue weighted by atomic mass is 32.2. The number of rotatable bonds is 4. The first-order chi connectivity index (χ1) is 9.13. The van der Waals surface area contributed by atoms with Gasteiger partial charge in [-0.15, -0.1) is 4.72 Å². The van der Waals surface area contributed by atoms with E-state index in [0.717, 1.165) is 18.4 Å². The third-order valence-corrected chi connectivity index (χ3v) is 5.68. The van der Waals surface area contributed by atoms with Gasteiger partial charge in [-0.3, -0.25) is 0 Å². The first-order valence-corrected chi connectivity index (χ1v) is 8.26. The van der Waals surface area contributed by atoms with Gasteiger partial charge in [0.15, 0.2) is 0 Å². The van der Waals surface area contributed by atoms with Gasteiger partial charge < -0.3 is 4.55 Å². The fraction of sp³-hybridized carbons (Fsp3) is 0.625. The van der Waals surface area contributed by atoms with Crippen molar-refractivity contribution in [3.05, 3.63) is 35.1 Å². The third-order valence-electron chi connectivity index (χ3n) is 4.00. The molecule has 1 saturated carbocycles. The Hall–Kier alpha value is -0.580. The Morgan fingerprint density at radius 1 is 1.35 bits per heavy atom. The van der Waals surface area contributed by atoms with Crippen molar-refractivity contribution in [1.29, 1.82) is 0 Å². The Bertz CT molecular complexity index is 494. The molecule has 1 aromatic rings. The molecule has 0 unspecified atom stereocenters. The van der Waals surface area contributed by atoms with Crippen LogP contribution in [0.25, 0.3) is 0 Å². The van der Waals surface area contributed by atoms with Gasteiger partial charge in [-0.05, 0) is 57.6 Å². The highest BCUT2D eigenvalue weighted by molar-refractivity contribution is 7.90. The van der Waals surface area contributed by atoms with E-state index >= 15 is 0 Å². The van der Waals surface area contributed by atoms with Crippen LogP contribution in [0.5, 0.6) is 0 Å². The molecule has 0 bridgehead atoms. The van der Waals surface area contributed by atoms with Gasteiger partial charge in [0.2, 0.25) is 0 Å². The molecule has 1 aliphatic rings. The molecule has 2 nitrogen and oxygen atoms in total. The Balaban J connectivity index is 2.12. The molecular formula is C16H24FNOS. The number of nitrogens with one attached hydrogen (secondary N) is 1. The highest BCUT2D eigenvalue weighted by Gasteiger charge is 2.39. The zero-order valence-electron chi connectivity index (χ0n) is 12.9. The molecule has 0 amide bonds. The predicted molar refractivity (Wildman–Crippen MR) is 82.4 cm³/mol. The summed E-state index contributed by atoms with van der Waals surface area (Å²) in [5.74, 6) is -0.207. The maximum absolute atomic E-state index is 14.3. The highest BCUT2D eigenvalue weighted by Crippen LogP contribution is 2.47. The fourth-order valence-electron chi connectivity index (χ4n) is 2.13. The van der Waals surface area contributed by atoms with Crippen LogP contribution in [-0.2, 0) is 16.8 Å². The first kappa shape index (κ1) is 15.8. The summed E-state index contributed by atoms with van der Waals surface area (Å²) in [6.45, 7) is 9.71. The van der Waals surface area contributed by atoms with Crippen molar-refractivity contribution in [2.45, 2.75) is 63.7 Å². The van der Waals surface area contributed by atoms with Gasteiger partial charge in [0.25, 0.3) is 0 Å². The van der Waals surface area contributed by atoms with Crippen molar-refractivity contribution in [3.8, 4) is 0 Å². The van der Waals surface area contributed by atoms with E-state index in [4.69, 9.17) is 0 Å². The lowest BCUT2D eigenvalue weighted by Gasteiger charge is -2.27. The van der Waals surface area contributed by atoms with E-state index in [1.807, 2.05) is 39.8 Å². The minimum absolute atomic E-state index is 0.171. The second-order valence-electron chi connectivity index (χ2n) is 7.02. The quantitative estimate of drug-likeness (QED) is 0.853. The lowest BCUT2D eigenvalue weighted by atomic mass is 9.95. The molecule has 2 atom stereocenters. The van der Waals surface area contributed by atoms with Crippen LogP contribution in [0.4, 0.5) is 4.39 Å². The van der Waals surface area contributed by atoms with E-state index in [9.17, 15) is 8.94 Å². The van der Waals surface area contributed by atoms with Gasteiger partial charge in [0.05, 0.1) is 6.04 Å². The second-order valence-corrected chi connectivity index (χ2v) is 9.02. The Morgan fingerprint density at radius 2 is 1.95 bits per heavy atom. The summed E-state index contributed by atoms with van der Waals surface area (Å²) in [4.78, 5) is 0. The van der Waals surface area contributed by atoms with Crippen LogP contribution < -0.4 is 4.72 Å². The first-order valence-electron chi connectivity index (χ1n) is 7.11. The Morgan fingerprint density at radius 3 is 2.40 bits per heavy atom. The topological polar surface area (TPSA) is 35.1 Å². The molecule has 2 rings (SSSR count). The van der Waals surface area contributed by atoms with Crippen molar-refractivity contribution < 1.29 is 8.94 Å². The largest absolute Gasteiger partial charge is 0.598 e. The van der Waals surface area contributed by atoms with E-state index in [-0.39, 0.29) is 22.0 Å². The molecule has 4 heteroatoms. The SMILES string of the molecule is C[C@H](N[S@+]([O-])C(C)(C)C)c1ccc(C2(C)CC2)cc1F. The van der Waals surface area contributed by atoms with E-state index in [2.05, 4.69) is 11.6 Å². The number of hydrogen-bond acceptors (Lipinski definition) is 2. The van der Waals surface area contributed by atoms with Gasteiger partial charge in [0, 0.05) is 16.9 Å². The van der Waals surface area contributed by atoms with Gasteiger partial charge in [0.1, 0.15) is 10.6 Å². The lowest BCUT2D eigenvalue weighted by Crippen LogP contribution is -2.40. The molecule has 0 saturated heterocycles. The van der Waals surface area contributed by atoms with E-state index in [0.29, 0.717) is 5.56 Å². The van der Waals surface area contributed by atoms with Crippen molar-refractivity contribution in [2.24, 2.45) is 0 Å². The molecule has 112 valence electrons. The maximum atomic E-state index is 14.3. The van der Waals surface area contributed by atoms with Crippen molar-refractivity contribution in [1.82, 2.24) is 4.72 Å². The van der Waals surface area contributed by atoms with Crippen LogP contribution >= 0.6 is 0 Å². The fourth-order valence-corrected chi connectivity index (χ4v) is 2.93. The van der Waals surface area contributed by atoms with Crippen molar-refractivity contribution in [3.63, 3.8) is 0 Å². The van der Waals surface area contributed by atoms with E-state index in [1.54, 1.807) is 6.07 Å². The molecule has 0 heterocycles. The maximum Gasteiger partial charge on any atom is 0.136 e. The summed E-state index contributed by atoms with van der Waals surface area (Å²) in [6, 6.07) is 5.20. The molecule has 0 aliphatic heterocycles. The summed E-state index contributed by atoms with van der Waals surface area (Å²) in [6.07, 6.45) is 2.27.